The maximum absolute atomic E-state index is 5.44. The minimum Gasteiger partial charge on any atom is -0.366 e. The highest BCUT2D eigenvalue weighted by molar-refractivity contribution is 5.56. The van der Waals surface area contributed by atoms with Crippen molar-refractivity contribution in [2.24, 2.45) is 0 Å². The summed E-state index contributed by atoms with van der Waals surface area (Å²) in [4.78, 5) is 4.07. The lowest BCUT2D eigenvalue weighted by Crippen LogP contribution is -1.88. The first-order valence-electron chi connectivity index (χ1n) is 4.95. The predicted octanol–water partition coefficient (Wildman–Crippen LogP) is 2.18. The molecule has 2 rings (SSSR count). The Morgan fingerprint density at radius 3 is 2.33 bits per heavy atom. The Balaban J connectivity index is 2.31. The van der Waals surface area contributed by atoms with Gasteiger partial charge in [-0.3, -0.25) is 5.10 Å². The zero-order valence-electron chi connectivity index (χ0n) is 8.86. The zero-order valence-corrected chi connectivity index (χ0v) is 8.86. The number of nitrogen functional groups attached to an aromatic ring is 1. The van der Waals surface area contributed by atoms with E-state index in [1.54, 1.807) is 0 Å². The molecule has 4 heteroatoms. The predicted molar refractivity (Wildman–Crippen MR) is 60.3 cm³/mol. The molecule has 3 N–H and O–H groups in total. The van der Waals surface area contributed by atoms with E-state index in [1.807, 2.05) is 12.1 Å². The van der Waals surface area contributed by atoms with E-state index in [0.29, 0.717) is 11.7 Å². The Hall–Kier alpha value is -1.84. The minimum absolute atomic E-state index is 0.276. The molecule has 1 aromatic heterocycles. The number of nitrogens with two attached hydrogens (primary N) is 1. The third kappa shape index (κ3) is 1.98. The molecule has 0 amide bonds. The fraction of sp³-hybridized carbons (Fsp3) is 0.273. The van der Waals surface area contributed by atoms with Crippen molar-refractivity contribution in [1.29, 1.82) is 0 Å². The second kappa shape index (κ2) is 3.73. The SMILES string of the molecule is CC(C)c1ccc(-c2nc(N)n[nH]2)cc1. The van der Waals surface area contributed by atoms with Gasteiger partial charge in [-0.2, -0.15) is 4.98 Å². The summed E-state index contributed by atoms with van der Waals surface area (Å²) in [6, 6.07) is 8.24. The number of hydrogen-bond acceptors (Lipinski definition) is 3. The van der Waals surface area contributed by atoms with E-state index in [9.17, 15) is 0 Å². The van der Waals surface area contributed by atoms with Crippen LogP contribution in [0.2, 0.25) is 0 Å². The number of aromatic nitrogens is 3. The number of benzene rings is 1. The smallest absolute Gasteiger partial charge is 0.239 e. The summed E-state index contributed by atoms with van der Waals surface area (Å²) in [6.07, 6.45) is 0. The van der Waals surface area contributed by atoms with Crippen LogP contribution in [0.15, 0.2) is 24.3 Å². The van der Waals surface area contributed by atoms with Gasteiger partial charge in [0.05, 0.1) is 0 Å². The first-order chi connectivity index (χ1) is 7.16. The van der Waals surface area contributed by atoms with E-state index in [1.165, 1.54) is 5.56 Å². The van der Waals surface area contributed by atoms with Crippen LogP contribution in [-0.2, 0) is 0 Å². The quantitative estimate of drug-likeness (QED) is 0.784. The van der Waals surface area contributed by atoms with Crippen molar-refractivity contribution < 1.29 is 0 Å². The van der Waals surface area contributed by atoms with Crippen molar-refractivity contribution in [2.75, 3.05) is 5.73 Å². The Morgan fingerprint density at radius 1 is 1.20 bits per heavy atom. The van der Waals surface area contributed by atoms with E-state index < -0.39 is 0 Å². The molecule has 0 spiro atoms. The molecule has 1 aromatic carbocycles. The van der Waals surface area contributed by atoms with Crippen molar-refractivity contribution in [1.82, 2.24) is 15.2 Å². The van der Waals surface area contributed by atoms with E-state index in [-0.39, 0.29) is 5.95 Å². The van der Waals surface area contributed by atoms with Gasteiger partial charge in [0, 0.05) is 5.56 Å². The summed E-state index contributed by atoms with van der Waals surface area (Å²) >= 11 is 0. The number of aromatic amines is 1. The Labute approximate surface area is 88.5 Å². The second-order valence-corrected chi connectivity index (χ2v) is 3.82. The summed E-state index contributed by atoms with van der Waals surface area (Å²) in [5.41, 5.74) is 7.76. The van der Waals surface area contributed by atoms with Crippen LogP contribution in [0.1, 0.15) is 25.3 Å². The van der Waals surface area contributed by atoms with Gasteiger partial charge in [0.1, 0.15) is 0 Å². The molecule has 4 nitrogen and oxygen atoms in total. The molecule has 0 fully saturated rings. The van der Waals surface area contributed by atoms with Gasteiger partial charge in [-0.1, -0.05) is 38.1 Å². The van der Waals surface area contributed by atoms with Gasteiger partial charge < -0.3 is 5.73 Å². The standard InChI is InChI=1S/C11H14N4/c1-7(2)8-3-5-9(6-4-8)10-13-11(12)15-14-10/h3-7H,1-2H3,(H3,12,13,14,15). The first-order valence-corrected chi connectivity index (χ1v) is 4.95. The molecular formula is C11H14N4. The van der Waals surface area contributed by atoms with Gasteiger partial charge in [0.15, 0.2) is 5.82 Å². The van der Waals surface area contributed by atoms with Crippen LogP contribution in [0.3, 0.4) is 0 Å². The Bertz CT molecular complexity index is 442. The molecule has 0 radical (unpaired) electrons. The fourth-order valence-corrected chi connectivity index (χ4v) is 1.43. The van der Waals surface area contributed by atoms with Crippen LogP contribution >= 0.6 is 0 Å². The van der Waals surface area contributed by atoms with E-state index in [2.05, 4.69) is 41.2 Å². The molecule has 0 bridgehead atoms. The lowest BCUT2D eigenvalue weighted by atomic mass is 10.0. The minimum atomic E-state index is 0.276. The molecule has 0 atom stereocenters. The molecule has 0 aliphatic heterocycles. The van der Waals surface area contributed by atoms with Crippen LogP contribution < -0.4 is 5.73 Å². The summed E-state index contributed by atoms with van der Waals surface area (Å²) < 4.78 is 0. The van der Waals surface area contributed by atoms with Crippen LogP contribution in [0.5, 0.6) is 0 Å². The molecule has 2 aromatic rings. The maximum Gasteiger partial charge on any atom is 0.239 e. The van der Waals surface area contributed by atoms with Crippen molar-refractivity contribution in [3.8, 4) is 11.4 Å². The highest BCUT2D eigenvalue weighted by atomic mass is 15.3. The first kappa shape index (κ1) is 9.71. The van der Waals surface area contributed by atoms with E-state index in [4.69, 9.17) is 5.73 Å². The van der Waals surface area contributed by atoms with Crippen LogP contribution in [-0.4, -0.2) is 15.2 Å². The summed E-state index contributed by atoms with van der Waals surface area (Å²) in [6.45, 7) is 4.34. The average molecular weight is 202 g/mol. The van der Waals surface area contributed by atoms with Gasteiger partial charge in [-0.25, -0.2) is 0 Å². The number of rotatable bonds is 2. The molecule has 1 heterocycles. The van der Waals surface area contributed by atoms with Crippen molar-refractivity contribution in [3.63, 3.8) is 0 Å². The molecule has 0 aliphatic carbocycles. The number of anilines is 1. The highest BCUT2D eigenvalue weighted by Gasteiger charge is 2.04. The van der Waals surface area contributed by atoms with Gasteiger partial charge in [0.25, 0.3) is 0 Å². The Kier molecular flexibility index (Phi) is 2.41. The van der Waals surface area contributed by atoms with Crippen molar-refractivity contribution in [3.05, 3.63) is 29.8 Å². The van der Waals surface area contributed by atoms with Crippen molar-refractivity contribution >= 4 is 5.95 Å². The largest absolute Gasteiger partial charge is 0.366 e. The maximum atomic E-state index is 5.44. The third-order valence-corrected chi connectivity index (χ3v) is 2.35. The molecule has 0 saturated heterocycles. The third-order valence-electron chi connectivity index (χ3n) is 2.35. The molecule has 78 valence electrons. The van der Waals surface area contributed by atoms with Gasteiger partial charge in [-0.05, 0) is 11.5 Å². The molecule has 0 unspecified atom stereocenters. The number of hydrogen-bond donors (Lipinski definition) is 2. The summed E-state index contributed by atoms with van der Waals surface area (Å²) in [7, 11) is 0. The van der Waals surface area contributed by atoms with Crippen LogP contribution in [0.4, 0.5) is 5.95 Å². The normalized spacial score (nSPS) is 10.9. The van der Waals surface area contributed by atoms with Gasteiger partial charge >= 0.3 is 0 Å². The highest BCUT2D eigenvalue weighted by Crippen LogP contribution is 2.19. The van der Waals surface area contributed by atoms with E-state index >= 15 is 0 Å². The lowest BCUT2D eigenvalue weighted by molar-refractivity contribution is 0.867. The second-order valence-electron chi connectivity index (χ2n) is 3.82. The number of nitrogens with zero attached hydrogens (tertiary/aromatic N) is 2. The monoisotopic (exact) mass is 202 g/mol. The Morgan fingerprint density at radius 2 is 1.87 bits per heavy atom. The lowest BCUT2D eigenvalue weighted by Gasteiger charge is -2.04. The molecule has 0 saturated carbocycles. The van der Waals surface area contributed by atoms with Gasteiger partial charge in [-0.15, -0.1) is 5.10 Å². The van der Waals surface area contributed by atoms with Gasteiger partial charge in [0.2, 0.25) is 5.95 Å². The molecule has 15 heavy (non-hydrogen) atoms. The van der Waals surface area contributed by atoms with Crippen molar-refractivity contribution in [2.45, 2.75) is 19.8 Å². The summed E-state index contributed by atoms with van der Waals surface area (Å²) in [5.74, 6) is 1.53. The number of H-pyrrole nitrogens is 1. The zero-order chi connectivity index (χ0) is 10.8. The van der Waals surface area contributed by atoms with E-state index in [0.717, 1.165) is 5.56 Å². The summed E-state index contributed by atoms with van der Waals surface area (Å²) in [5, 5.41) is 6.58. The average Bonchev–Trinajstić information content (AvgIpc) is 2.65. The topological polar surface area (TPSA) is 67.6 Å². The molecule has 0 aliphatic rings. The fourth-order valence-electron chi connectivity index (χ4n) is 1.43. The number of nitrogens with one attached hydrogen (secondary N) is 1. The van der Waals surface area contributed by atoms with Crippen LogP contribution in [0, 0.1) is 0 Å². The van der Waals surface area contributed by atoms with Crippen LogP contribution in [0.25, 0.3) is 11.4 Å². The molecular weight excluding hydrogens is 188 g/mol.